The molecule has 0 aromatic heterocycles. The largest absolute Gasteiger partial charge is 0.342 e. The number of amides is 1. The average Bonchev–Trinajstić information content (AvgIpc) is 2.79. The van der Waals surface area contributed by atoms with Crippen molar-refractivity contribution < 1.29 is 13.2 Å². The molecule has 116 valence electrons. The van der Waals surface area contributed by atoms with E-state index in [0.717, 1.165) is 45.4 Å². The summed E-state index contributed by atoms with van der Waals surface area (Å²) >= 11 is 0. The van der Waals surface area contributed by atoms with Crippen LogP contribution in [0.1, 0.15) is 32.6 Å². The van der Waals surface area contributed by atoms with Gasteiger partial charge in [0.25, 0.3) is 0 Å². The van der Waals surface area contributed by atoms with Crippen molar-refractivity contribution in [3.05, 3.63) is 0 Å². The summed E-state index contributed by atoms with van der Waals surface area (Å²) in [6.07, 6.45) is 3.65. The topological polar surface area (TPSA) is 66.5 Å². The standard InChI is InChI=1S/C14H26N2O3S/c1-2-8-16(10-12-3-6-15-7-4-12)14(17)13-5-9-20(18,19)11-13/h12-13,15H,2-11H2,1H3. The Morgan fingerprint density at radius 2 is 1.95 bits per heavy atom. The first-order chi connectivity index (χ1) is 9.52. The Morgan fingerprint density at radius 3 is 2.50 bits per heavy atom. The number of nitrogens with one attached hydrogen (secondary N) is 1. The second kappa shape index (κ2) is 6.89. The first-order valence-corrected chi connectivity index (χ1v) is 9.54. The molecule has 1 N–H and O–H groups in total. The Hall–Kier alpha value is -0.620. The van der Waals surface area contributed by atoms with Gasteiger partial charge in [-0.25, -0.2) is 8.42 Å². The van der Waals surface area contributed by atoms with Crippen molar-refractivity contribution in [3.63, 3.8) is 0 Å². The highest BCUT2D eigenvalue weighted by molar-refractivity contribution is 7.91. The first kappa shape index (κ1) is 15.8. The van der Waals surface area contributed by atoms with Gasteiger partial charge in [-0.1, -0.05) is 6.92 Å². The summed E-state index contributed by atoms with van der Waals surface area (Å²) in [7, 11) is -2.98. The minimum atomic E-state index is -2.98. The zero-order valence-electron chi connectivity index (χ0n) is 12.3. The Balaban J connectivity index is 1.94. The van der Waals surface area contributed by atoms with Crippen LogP contribution in [0.15, 0.2) is 0 Å². The van der Waals surface area contributed by atoms with Crippen molar-refractivity contribution >= 4 is 15.7 Å². The lowest BCUT2D eigenvalue weighted by Crippen LogP contribution is -2.42. The molecule has 2 rings (SSSR count). The molecular weight excluding hydrogens is 276 g/mol. The summed E-state index contributed by atoms with van der Waals surface area (Å²) in [5.74, 6) is 0.555. The zero-order chi connectivity index (χ0) is 14.6. The predicted octanol–water partition coefficient (Wildman–Crippen LogP) is 0.659. The maximum Gasteiger partial charge on any atom is 0.226 e. The van der Waals surface area contributed by atoms with Crippen molar-refractivity contribution in [2.24, 2.45) is 11.8 Å². The lowest BCUT2D eigenvalue weighted by atomic mass is 9.96. The molecule has 0 saturated carbocycles. The van der Waals surface area contributed by atoms with Gasteiger partial charge >= 0.3 is 0 Å². The molecule has 5 nitrogen and oxygen atoms in total. The molecule has 6 heteroatoms. The van der Waals surface area contributed by atoms with Crippen LogP contribution in [0.25, 0.3) is 0 Å². The first-order valence-electron chi connectivity index (χ1n) is 7.72. The van der Waals surface area contributed by atoms with Crippen molar-refractivity contribution in [2.45, 2.75) is 32.6 Å². The molecule has 0 spiro atoms. The second-order valence-electron chi connectivity index (χ2n) is 6.08. The summed E-state index contributed by atoms with van der Waals surface area (Å²) in [6.45, 7) is 5.66. The Bertz CT molecular complexity index is 430. The van der Waals surface area contributed by atoms with Gasteiger partial charge in [-0.2, -0.15) is 0 Å². The maximum absolute atomic E-state index is 12.5. The molecule has 2 saturated heterocycles. The van der Waals surface area contributed by atoms with Gasteiger partial charge in [0.1, 0.15) is 0 Å². The highest BCUT2D eigenvalue weighted by Crippen LogP contribution is 2.22. The van der Waals surface area contributed by atoms with Crippen molar-refractivity contribution in [1.82, 2.24) is 10.2 Å². The Morgan fingerprint density at radius 1 is 1.25 bits per heavy atom. The number of piperidine rings is 1. The number of rotatable bonds is 5. The van der Waals surface area contributed by atoms with Crippen LogP contribution in [-0.4, -0.2) is 56.9 Å². The van der Waals surface area contributed by atoms with Gasteiger partial charge in [-0.3, -0.25) is 4.79 Å². The summed E-state index contributed by atoms with van der Waals surface area (Å²) in [5, 5.41) is 3.33. The van der Waals surface area contributed by atoms with E-state index in [0.29, 0.717) is 12.3 Å². The molecule has 2 aliphatic rings. The fraction of sp³-hybridized carbons (Fsp3) is 0.929. The number of nitrogens with zero attached hydrogens (tertiary/aromatic N) is 1. The lowest BCUT2D eigenvalue weighted by molar-refractivity contribution is -0.135. The molecule has 2 fully saturated rings. The summed E-state index contributed by atoms with van der Waals surface area (Å²) in [6, 6.07) is 0. The van der Waals surface area contributed by atoms with Crippen LogP contribution >= 0.6 is 0 Å². The normalized spacial score (nSPS) is 26.6. The third-order valence-corrected chi connectivity index (χ3v) is 6.09. The third-order valence-electron chi connectivity index (χ3n) is 4.32. The van der Waals surface area contributed by atoms with E-state index in [1.54, 1.807) is 0 Å². The number of carbonyl (C=O) groups is 1. The molecule has 0 bridgehead atoms. The monoisotopic (exact) mass is 302 g/mol. The minimum Gasteiger partial charge on any atom is -0.342 e. The van der Waals surface area contributed by atoms with E-state index >= 15 is 0 Å². The highest BCUT2D eigenvalue weighted by Gasteiger charge is 2.35. The van der Waals surface area contributed by atoms with E-state index in [-0.39, 0.29) is 23.3 Å². The Labute approximate surface area is 122 Å². The van der Waals surface area contributed by atoms with Crippen LogP contribution in [0.4, 0.5) is 0 Å². The van der Waals surface area contributed by atoms with Gasteiger partial charge in [-0.15, -0.1) is 0 Å². The van der Waals surface area contributed by atoms with Crippen LogP contribution in [0, 0.1) is 11.8 Å². The molecular formula is C14H26N2O3S. The van der Waals surface area contributed by atoms with E-state index in [1.165, 1.54) is 0 Å². The predicted molar refractivity (Wildman–Crippen MR) is 79.2 cm³/mol. The molecule has 2 heterocycles. The van der Waals surface area contributed by atoms with Crippen LogP contribution < -0.4 is 5.32 Å². The van der Waals surface area contributed by atoms with Gasteiger partial charge in [0.05, 0.1) is 17.4 Å². The van der Waals surface area contributed by atoms with Crippen LogP contribution in [0.3, 0.4) is 0 Å². The van der Waals surface area contributed by atoms with Crippen molar-refractivity contribution in [2.75, 3.05) is 37.7 Å². The number of sulfone groups is 1. The average molecular weight is 302 g/mol. The molecule has 0 aromatic carbocycles. The van der Waals surface area contributed by atoms with E-state index < -0.39 is 9.84 Å². The van der Waals surface area contributed by atoms with E-state index in [4.69, 9.17) is 0 Å². The van der Waals surface area contributed by atoms with Crippen LogP contribution in [0.5, 0.6) is 0 Å². The van der Waals surface area contributed by atoms with Gasteiger partial charge in [-0.05, 0) is 44.7 Å². The van der Waals surface area contributed by atoms with E-state index in [2.05, 4.69) is 12.2 Å². The fourth-order valence-corrected chi connectivity index (χ4v) is 4.92. The molecule has 1 amide bonds. The minimum absolute atomic E-state index is 0.0538. The van der Waals surface area contributed by atoms with E-state index in [9.17, 15) is 13.2 Å². The van der Waals surface area contributed by atoms with Crippen molar-refractivity contribution in [1.29, 1.82) is 0 Å². The van der Waals surface area contributed by atoms with Gasteiger partial charge in [0.2, 0.25) is 5.91 Å². The third kappa shape index (κ3) is 4.19. The van der Waals surface area contributed by atoms with Crippen LogP contribution in [0.2, 0.25) is 0 Å². The molecule has 1 atom stereocenters. The van der Waals surface area contributed by atoms with Gasteiger partial charge in [0.15, 0.2) is 9.84 Å². The maximum atomic E-state index is 12.5. The van der Waals surface area contributed by atoms with E-state index in [1.807, 2.05) is 4.90 Å². The van der Waals surface area contributed by atoms with Crippen LogP contribution in [-0.2, 0) is 14.6 Å². The highest BCUT2D eigenvalue weighted by atomic mass is 32.2. The SMILES string of the molecule is CCCN(CC1CCNCC1)C(=O)C1CCS(=O)(=O)C1. The fourth-order valence-electron chi connectivity index (χ4n) is 3.19. The quantitative estimate of drug-likeness (QED) is 0.810. The summed E-state index contributed by atoms with van der Waals surface area (Å²) < 4.78 is 23.1. The molecule has 2 aliphatic heterocycles. The molecule has 1 unspecified atom stereocenters. The molecule has 0 aromatic rings. The summed E-state index contributed by atoms with van der Waals surface area (Å²) in [5.41, 5.74) is 0. The number of carbonyl (C=O) groups excluding carboxylic acids is 1. The molecule has 0 aliphatic carbocycles. The number of hydrogen-bond donors (Lipinski definition) is 1. The van der Waals surface area contributed by atoms with Gasteiger partial charge in [0, 0.05) is 13.1 Å². The smallest absolute Gasteiger partial charge is 0.226 e. The Kier molecular flexibility index (Phi) is 5.43. The van der Waals surface area contributed by atoms with Gasteiger partial charge < -0.3 is 10.2 Å². The second-order valence-corrected chi connectivity index (χ2v) is 8.31. The summed E-state index contributed by atoms with van der Waals surface area (Å²) in [4.78, 5) is 14.5. The molecule has 0 radical (unpaired) electrons. The van der Waals surface area contributed by atoms with Crippen molar-refractivity contribution in [3.8, 4) is 0 Å². The molecule has 20 heavy (non-hydrogen) atoms. The zero-order valence-corrected chi connectivity index (χ0v) is 13.1. The lowest BCUT2D eigenvalue weighted by Gasteiger charge is -2.31. The number of hydrogen-bond acceptors (Lipinski definition) is 4.